The quantitative estimate of drug-likeness (QED) is 0.474. The minimum atomic E-state index is -6.21. The van der Waals surface area contributed by atoms with Gasteiger partial charge in [-0.3, -0.25) is 9.69 Å². The van der Waals surface area contributed by atoms with Gasteiger partial charge >= 0.3 is 24.4 Å². The van der Waals surface area contributed by atoms with Crippen molar-refractivity contribution in [2.45, 2.75) is 55.8 Å². The third kappa shape index (κ3) is 4.56. The van der Waals surface area contributed by atoms with Gasteiger partial charge in [0.15, 0.2) is 6.04 Å². The molecule has 0 saturated carbocycles. The van der Waals surface area contributed by atoms with Crippen molar-refractivity contribution < 1.29 is 54.6 Å². The number of amides is 2. The first-order chi connectivity index (χ1) is 13.7. The van der Waals surface area contributed by atoms with Gasteiger partial charge in [0.1, 0.15) is 6.61 Å². The highest BCUT2D eigenvalue weighted by atomic mass is 19.4. The highest BCUT2D eigenvalue weighted by Gasteiger charge is 2.72. The van der Waals surface area contributed by atoms with Gasteiger partial charge in [-0.2, -0.15) is 26.3 Å². The molecule has 0 aromatic heterocycles. The van der Waals surface area contributed by atoms with E-state index in [1.54, 1.807) is 0 Å². The molecule has 14 heteroatoms. The lowest BCUT2D eigenvalue weighted by atomic mass is 9.96. The predicted molar refractivity (Wildman–Crippen MR) is 83.8 cm³/mol. The van der Waals surface area contributed by atoms with Gasteiger partial charge < -0.3 is 14.4 Å². The lowest BCUT2D eigenvalue weighted by molar-refractivity contribution is -0.343. The summed E-state index contributed by atoms with van der Waals surface area (Å²) in [6, 6.07) is -1.53. The average Bonchev–Trinajstić information content (AvgIpc) is 3.04. The summed E-state index contributed by atoms with van der Waals surface area (Å²) in [5.41, 5.74) is -5.49. The third-order valence-corrected chi connectivity index (χ3v) is 5.18. The number of carbonyl (C=O) groups is 3. The summed E-state index contributed by atoms with van der Waals surface area (Å²) >= 11 is 0. The second-order valence-corrected chi connectivity index (χ2v) is 6.93. The van der Waals surface area contributed by atoms with E-state index in [0.717, 1.165) is 16.9 Å². The van der Waals surface area contributed by atoms with Crippen LogP contribution in [0.5, 0.6) is 0 Å². The molecule has 2 amide bonds. The smallest absolute Gasteiger partial charge is 0.431 e. The molecule has 172 valence electrons. The second kappa shape index (κ2) is 8.46. The molecule has 0 aromatic carbocycles. The molecule has 2 heterocycles. The highest BCUT2D eigenvalue weighted by Crippen LogP contribution is 2.49. The van der Waals surface area contributed by atoms with Crippen molar-refractivity contribution in [2.75, 3.05) is 26.8 Å². The van der Waals surface area contributed by atoms with Gasteiger partial charge in [0, 0.05) is 32.0 Å². The van der Waals surface area contributed by atoms with E-state index in [9.17, 15) is 45.1 Å². The van der Waals surface area contributed by atoms with Crippen molar-refractivity contribution in [1.82, 2.24) is 9.80 Å². The third-order valence-electron chi connectivity index (χ3n) is 5.18. The fraction of sp³-hybridized carbons (Fsp3) is 0.812. The monoisotopic (exact) mass is 452 g/mol. The number of likely N-dealkylation sites (tertiary alicyclic amines) is 1. The van der Waals surface area contributed by atoms with E-state index in [1.165, 1.54) is 0 Å². The molecule has 0 bridgehead atoms. The number of halogens is 7. The summed E-state index contributed by atoms with van der Waals surface area (Å²) in [7, 11) is 1.12. The number of ether oxygens (including phenoxy) is 2. The summed E-state index contributed by atoms with van der Waals surface area (Å²) in [6.07, 6.45) is -16.4. The largest absolute Gasteiger partial charge is 0.467 e. The molecule has 0 radical (unpaired) electrons. The molecule has 2 rings (SSSR count). The topological polar surface area (TPSA) is 76.2 Å². The first-order valence-electron chi connectivity index (χ1n) is 8.86. The lowest BCUT2D eigenvalue weighted by Gasteiger charge is -2.37. The molecule has 2 aliphatic rings. The van der Waals surface area contributed by atoms with Crippen molar-refractivity contribution in [2.24, 2.45) is 0 Å². The number of alkyl halides is 7. The van der Waals surface area contributed by atoms with Crippen LogP contribution < -0.4 is 0 Å². The van der Waals surface area contributed by atoms with Crippen molar-refractivity contribution in [3.05, 3.63) is 0 Å². The molecule has 30 heavy (non-hydrogen) atoms. The van der Waals surface area contributed by atoms with Crippen LogP contribution in [0.4, 0.5) is 35.5 Å². The van der Waals surface area contributed by atoms with Gasteiger partial charge in [-0.25, -0.2) is 14.0 Å². The molecule has 1 unspecified atom stereocenters. The van der Waals surface area contributed by atoms with Crippen molar-refractivity contribution in [1.29, 1.82) is 0 Å². The number of piperidine rings is 1. The molecule has 2 aliphatic heterocycles. The van der Waals surface area contributed by atoms with E-state index < -0.39 is 60.9 Å². The fourth-order valence-corrected chi connectivity index (χ4v) is 3.43. The van der Waals surface area contributed by atoms with Gasteiger partial charge in [0.25, 0.3) is 5.67 Å². The summed E-state index contributed by atoms with van der Waals surface area (Å²) < 4.78 is 98.5. The molecule has 1 atom stereocenters. The van der Waals surface area contributed by atoms with Crippen LogP contribution in [0, 0.1) is 0 Å². The van der Waals surface area contributed by atoms with E-state index in [1.807, 2.05) is 0 Å². The van der Waals surface area contributed by atoms with Gasteiger partial charge in [-0.05, 0) is 12.8 Å². The van der Waals surface area contributed by atoms with Gasteiger partial charge in [0.05, 0.1) is 7.11 Å². The summed E-state index contributed by atoms with van der Waals surface area (Å²) in [5, 5.41) is 0. The van der Waals surface area contributed by atoms with Crippen LogP contribution in [-0.2, 0) is 19.1 Å². The number of nitrogens with zero attached hydrogens (tertiary/aromatic N) is 2. The number of cyclic esters (lactones) is 1. The normalized spacial score (nSPS) is 21.6. The number of rotatable bonds is 5. The minimum Gasteiger partial charge on any atom is -0.467 e. The van der Waals surface area contributed by atoms with Crippen LogP contribution in [0.2, 0.25) is 0 Å². The molecular weight excluding hydrogens is 433 g/mol. The zero-order valence-electron chi connectivity index (χ0n) is 15.7. The van der Waals surface area contributed by atoms with E-state index in [4.69, 9.17) is 4.74 Å². The van der Waals surface area contributed by atoms with Crippen molar-refractivity contribution in [3.63, 3.8) is 0 Å². The van der Waals surface area contributed by atoms with Gasteiger partial charge in [-0.1, -0.05) is 0 Å². The maximum Gasteiger partial charge on any atom is 0.431 e. The number of hydrogen-bond acceptors (Lipinski definition) is 5. The molecule has 0 spiro atoms. The van der Waals surface area contributed by atoms with E-state index in [2.05, 4.69) is 4.74 Å². The number of esters is 1. The Morgan fingerprint density at radius 1 is 1.07 bits per heavy atom. The fourth-order valence-electron chi connectivity index (χ4n) is 3.43. The predicted octanol–water partition coefficient (Wildman–Crippen LogP) is 2.58. The maximum atomic E-state index is 13.7. The molecule has 2 fully saturated rings. The van der Waals surface area contributed by atoms with E-state index >= 15 is 0 Å². The van der Waals surface area contributed by atoms with Crippen molar-refractivity contribution >= 4 is 18.0 Å². The Labute approximate surface area is 166 Å². The second-order valence-electron chi connectivity index (χ2n) is 6.93. The van der Waals surface area contributed by atoms with Crippen LogP contribution in [0.3, 0.4) is 0 Å². The SMILES string of the molecule is COC(=O)C1COC(=O)N1C1CCN(C(=O)CCC(F)(C(F)(F)F)C(F)(F)F)CC1. The molecule has 2 saturated heterocycles. The van der Waals surface area contributed by atoms with Crippen LogP contribution in [0.1, 0.15) is 25.7 Å². The Bertz CT molecular complexity index is 660. The molecular formula is C16H19F7N2O5. The Morgan fingerprint density at radius 3 is 2.07 bits per heavy atom. The maximum absolute atomic E-state index is 13.7. The average molecular weight is 452 g/mol. The first kappa shape index (κ1) is 24.0. The summed E-state index contributed by atoms with van der Waals surface area (Å²) in [5.74, 6) is -1.78. The molecule has 0 aliphatic carbocycles. The van der Waals surface area contributed by atoms with E-state index in [-0.39, 0.29) is 32.5 Å². The Balaban J connectivity index is 1.96. The van der Waals surface area contributed by atoms with Gasteiger partial charge in [0.2, 0.25) is 5.91 Å². The molecule has 0 N–H and O–H groups in total. The van der Waals surface area contributed by atoms with Gasteiger partial charge in [-0.15, -0.1) is 0 Å². The Morgan fingerprint density at radius 2 is 1.60 bits per heavy atom. The molecule has 7 nitrogen and oxygen atoms in total. The Kier molecular flexibility index (Phi) is 6.76. The van der Waals surface area contributed by atoms with Crippen LogP contribution in [0.15, 0.2) is 0 Å². The standard InChI is InChI=1S/C16H19F7N2O5/c1-29-12(27)10-8-30-13(28)25(10)9-3-6-24(7-4-9)11(26)2-5-14(17,15(18,19)20)16(21,22)23/h9-10H,2-8H2,1H3. The highest BCUT2D eigenvalue weighted by molar-refractivity contribution is 5.84. The zero-order valence-corrected chi connectivity index (χ0v) is 15.7. The van der Waals surface area contributed by atoms with Crippen LogP contribution in [-0.4, -0.2) is 84.7 Å². The number of carbonyl (C=O) groups excluding carboxylic acids is 3. The first-order valence-corrected chi connectivity index (χ1v) is 8.86. The van der Waals surface area contributed by atoms with Crippen LogP contribution in [0.25, 0.3) is 0 Å². The lowest BCUT2D eigenvalue weighted by Crippen LogP contribution is -2.54. The van der Waals surface area contributed by atoms with E-state index in [0.29, 0.717) is 0 Å². The molecule has 0 aromatic rings. The summed E-state index contributed by atoms with van der Waals surface area (Å²) in [6.45, 7) is -0.422. The number of hydrogen-bond donors (Lipinski definition) is 0. The minimum absolute atomic E-state index is 0.0987. The Hall–Kier alpha value is -2.28. The van der Waals surface area contributed by atoms with Crippen molar-refractivity contribution in [3.8, 4) is 0 Å². The zero-order chi connectivity index (χ0) is 22.9. The summed E-state index contributed by atoms with van der Waals surface area (Å²) in [4.78, 5) is 37.8. The number of methoxy groups -OCH3 is 1. The van der Waals surface area contributed by atoms with Crippen LogP contribution >= 0.6 is 0 Å².